The highest BCUT2D eigenvalue weighted by molar-refractivity contribution is 6.31. The van der Waals surface area contributed by atoms with Gasteiger partial charge >= 0.3 is 12.1 Å². The fourth-order valence-electron chi connectivity index (χ4n) is 7.19. The van der Waals surface area contributed by atoms with Gasteiger partial charge < -0.3 is 34.5 Å². The number of morpholine rings is 1. The van der Waals surface area contributed by atoms with Crippen LogP contribution in [-0.4, -0.2) is 87.9 Å². The molecule has 2 aliphatic heterocycles. The van der Waals surface area contributed by atoms with E-state index in [9.17, 15) is 14.4 Å². The highest BCUT2D eigenvalue weighted by Crippen LogP contribution is 2.52. The predicted octanol–water partition coefficient (Wildman–Crippen LogP) is 7.39. The number of benzene rings is 3. The predicted molar refractivity (Wildman–Crippen MR) is 202 cm³/mol. The van der Waals surface area contributed by atoms with E-state index < -0.39 is 59.3 Å². The quantitative estimate of drug-likeness (QED) is 0.124. The maximum absolute atomic E-state index is 16.2. The first-order valence-corrected chi connectivity index (χ1v) is 18.2. The fourth-order valence-corrected chi connectivity index (χ4v) is 7.54. The molecule has 15 heteroatoms. The number of halogens is 4. The van der Waals surface area contributed by atoms with Crippen LogP contribution in [0.15, 0.2) is 59.6 Å². The minimum absolute atomic E-state index is 0.0543. The van der Waals surface area contributed by atoms with E-state index >= 15 is 8.78 Å². The van der Waals surface area contributed by atoms with Crippen LogP contribution in [0.4, 0.5) is 19.3 Å². The lowest BCUT2D eigenvalue weighted by molar-refractivity contribution is -0.118. The number of anilines is 1. The van der Waals surface area contributed by atoms with Crippen molar-refractivity contribution < 1.29 is 42.1 Å². The second kappa shape index (κ2) is 17.0. The van der Waals surface area contributed by atoms with Crippen LogP contribution in [0.2, 0.25) is 10.0 Å². The summed E-state index contributed by atoms with van der Waals surface area (Å²) in [7, 11) is 2.89. The van der Waals surface area contributed by atoms with E-state index in [-0.39, 0.29) is 43.6 Å². The van der Waals surface area contributed by atoms with Gasteiger partial charge in [0.25, 0.3) is 0 Å². The highest BCUT2D eigenvalue weighted by atomic mass is 35.5. The Labute approximate surface area is 323 Å². The van der Waals surface area contributed by atoms with Crippen LogP contribution in [0.1, 0.15) is 61.5 Å². The molecular formula is C39H44Cl2F2N4O7. The third-order valence-corrected chi connectivity index (χ3v) is 9.99. The first-order valence-electron chi connectivity index (χ1n) is 17.4. The summed E-state index contributed by atoms with van der Waals surface area (Å²) in [5, 5.41) is 6.29. The summed E-state index contributed by atoms with van der Waals surface area (Å²) in [5.74, 6) is -3.78. The normalized spacial score (nSPS) is 22.2. The topological polar surface area (TPSA) is 128 Å². The van der Waals surface area contributed by atoms with Crippen LogP contribution in [-0.2, 0) is 24.4 Å². The van der Waals surface area contributed by atoms with Crippen molar-refractivity contribution in [2.75, 3.05) is 45.8 Å². The van der Waals surface area contributed by atoms with Crippen LogP contribution in [0.5, 0.6) is 5.75 Å². The first kappa shape index (κ1) is 40.9. The lowest BCUT2D eigenvalue weighted by atomic mass is 9.62. The monoisotopic (exact) mass is 788 g/mol. The number of ether oxygens (including phenoxy) is 4. The summed E-state index contributed by atoms with van der Waals surface area (Å²) in [6, 6.07) is 11.2. The molecule has 0 aliphatic carbocycles. The van der Waals surface area contributed by atoms with E-state index in [4.69, 9.17) is 42.1 Å². The molecule has 2 fully saturated rings. The molecule has 3 aromatic rings. The SMILES string of the molecule is CN=C[C@@]1(c2ccc(Cl)cc2F)C(c2cccc(Cl)c2F)[C@H](C(=O)Nc2ccc(C(=O)O[C@@H](C)OC(=O)N3CCOCC3)cc2OC)N[C@H]1CC(C)(C)C. The molecule has 1 unspecified atom stereocenters. The molecule has 11 nitrogen and oxygen atoms in total. The van der Waals surface area contributed by atoms with Gasteiger partial charge in [0.05, 0.1) is 48.1 Å². The van der Waals surface area contributed by atoms with E-state index in [1.165, 1.54) is 68.4 Å². The third kappa shape index (κ3) is 8.80. The zero-order valence-corrected chi connectivity index (χ0v) is 32.4. The van der Waals surface area contributed by atoms with Crippen molar-refractivity contribution in [1.29, 1.82) is 0 Å². The zero-order valence-electron chi connectivity index (χ0n) is 30.9. The Morgan fingerprint density at radius 3 is 2.46 bits per heavy atom. The van der Waals surface area contributed by atoms with Crippen LogP contribution < -0.4 is 15.4 Å². The summed E-state index contributed by atoms with van der Waals surface area (Å²) < 4.78 is 53.8. The van der Waals surface area contributed by atoms with E-state index in [2.05, 4.69) is 15.6 Å². The number of nitrogens with one attached hydrogen (secondary N) is 2. The molecule has 3 aromatic carbocycles. The van der Waals surface area contributed by atoms with Gasteiger partial charge in [-0.2, -0.15) is 0 Å². The van der Waals surface area contributed by atoms with Crippen LogP contribution in [0.25, 0.3) is 0 Å². The zero-order chi connectivity index (χ0) is 39.4. The summed E-state index contributed by atoms with van der Waals surface area (Å²) in [6.07, 6.45) is 0.155. The lowest BCUT2D eigenvalue weighted by Gasteiger charge is -2.40. The Balaban J connectivity index is 1.50. The molecule has 5 rings (SSSR count). The number of hydrogen-bond donors (Lipinski definition) is 2. The number of rotatable bonds is 10. The van der Waals surface area contributed by atoms with E-state index in [0.29, 0.717) is 32.7 Å². The van der Waals surface area contributed by atoms with Crippen molar-refractivity contribution >= 4 is 53.1 Å². The number of hydrogen-bond acceptors (Lipinski definition) is 9. The van der Waals surface area contributed by atoms with Gasteiger partial charge in [0.1, 0.15) is 17.4 Å². The summed E-state index contributed by atoms with van der Waals surface area (Å²) in [6.45, 7) is 8.93. The van der Waals surface area contributed by atoms with Gasteiger partial charge in [-0.3, -0.25) is 9.79 Å². The Morgan fingerprint density at radius 1 is 1.09 bits per heavy atom. The maximum atomic E-state index is 16.2. The smallest absolute Gasteiger partial charge is 0.413 e. The van der Waals surface area contributed by atoms with Gasteiger partial charge in [-0.25, -0.2) is 18.4 Å². The standard InChI is InChI=1S/C39H44Cl2F2N4O7/c1-22(54-37(50)47-14-16-52-17-15-47)53-36(49)23-10-13-29(30(18-23)51-6)45-35(48)34-32(25-8-7-9-27(41)33(25)43)39(21-44-5,31(46-34)20-38(2,3)4)26-12-11-24(40)19-28(26)42/h7-13,18-19,21-22,31-32,34,46H,14-17,20H2,1-6H3,(H,45,48)/t22-,31+,32?,34-,39+/m1/s1. The van der Waals surface area contributed by atoms with Gasteiger partial charge in [-0.05, 0) is 53.8 Å². The Kier molecular flexibility index (Phi) is 12.9. The third-order valence-electron chi connectivity index (χ3n) is 9.47. The molecule has 2 amide bonds. The van der Waals surface area contributed by atoms with Gasteiger partial charge in [0.15, 0.2) is 0 Å². The highest BCUT2D eigenvalue weighted by Gasteiger charge is 2.59. The van der Waals surface area contributed by atoms with Crippen molar-refractivity contribution in [1.82, 2.24) is 10.2 Å². The second-order valence-electron chi connectivity index (χ2n) is 14.4. The Hall–Kier alpha value is -4.30. The molecule has 2 N–H and O–H groups in total. The molecule has 0 radical (unpaired) electrons. The lowest BCUT2D eigenvalue weighted by Crippen LogP contribution is -2.47. The molecule has 0 saturated carbocycles. The van der Waals surface area contributed by atoms with Gasteiger partial charge in [0, 0.05) is 55.8 Å². The number of nitrogens with zero attached hydrogens (tertiary/aromatic N) is 2. The van der Waals surface area contributed by atoms with Crippen LogP contribution in [0, 0.1) is 17.0 Å². The average molecular weight is 790 g/mol. The second-order valence-corrected chi connectivity index (χ2v) is 15.2. The van der Waals surface area contributed by atoms with E-state index in [1.54, 1.807) is 18.3 Å². The van der Waals surface area contributed by atoms with Gasteiger partial charge in [-0.15, -0.1) is 0 Å². The molecular weight excluding hydrogens is 745 g/mol. The van der Waals surface area contributed by atoms with Crippen molar-refractivity contribution in [3.63, 3.8) is 0 Å². The van der Waals surface area contributed by atoms with Crippen LogP contribution >= 0.6 is 23.2 Å². The minimum atomic E-state index is -1.41. The minimum Gasteiger partial charge on any atom is -0.495 e. The fraction of sp³-hybridized carbons (Fsp3) is 0.436. The first-order chi connectivity index (χ1) is 25.6. The number of aliphatic imine (C=N–C) groups is 1. The van der Waals surface area contributed by atoms with Crippen molar-refractivity contribution in [2.24, 2.45) is 10.4 Å². The molecule has 0 bridgehead atoms. The number of carbonyl (C=O) groups is 3. The van der Waals surface area contributed by atoms with Crippen LogP contribution in [0.3, 0.4) is 0 Å². The molecule has 5 atom stereocenters. The largest absolute Gasteiger partial charge is 0.495 e. The number of carbonyl (C=O) groups excluding carboxylic acids is 3. The molecule has 2 aliphatic rings. The summed E-state index contributed by atoms with van der Waals surface area (Å²) >= 11 is 12.5. The van der Waals surface area contributed by atoms with Crippen molar-refractivity contribution in [3.05, 3.63) is 93.0 Å². The number of amides is 2. The number of esters is 1. The van der Waals surface area contributed by atoms with E-state index in [0.717, 1.165) is 0 Å². The molecule has 2 heterocycles. The van der Waals surface area contributed by atoms with Crippen molar-refractivity contribution in [3.8, 4) is 5.75 Å². The van der Waals surface area contributed by atoms with Gasteiger partial charge in [-0.1, -0.05) is 62.2 Å². The Bertz CT molecular complexity index is 1900. The number of methoxy groups -OCH3 is 1. The maximum Gasteiger partial charge on any atom is 0.413 e. The summed E-state index contributed by atoms with van der Waals surface area (Å²) in [5.41, 5.74) is -1.27. The summed E-state index contributed by atoms with van der Waals surface area (Å²) in [4.78, 5) is 45.9. The molecule has 54 heavy (non-hydrogen) atoms. The molecule has 2 saturated heterocycles. The Morgan fingerprint density at radius 2 is 1.81 bits per heavy atom. The molecule has 0 aromatic heterocycles. The van der Waals surface area contributed by atoms with Gasteiger partial charge in [0.2, 0.25) is 12.2 Å². The average Bonchev–Trinajstić information content (AvgIpc) is 3.42. The van der Waals surface area contributed by atoms with E-state index in [1.807, 2.05) is 20.8 Å². The molecule has 0 spiro atoms. The molecule has 290 valence electrons. The van der Waals surface area contributed by atoms with Crippen molar-refractivity contribution in [2.45, 2.75) is 63.8 Å².